The first kappa shape index (κ1) is 26.9. The lowest BCUT2D eigenvalue weighted by atomic mass is 10.3. The number of hydrogen-bond acceptors (Lipinski definition) is 8. The molecule has 2 rings (SSSR count). The van der Waals surface area contributed by atoms with Gasteiger partial charge in [0.15, 0.2) is 23.0 Å². The van der Waals surface area contributed by atoms with Crippen LogP contribution in [0.15, 0.2) is 74.2 Å². The van der Waals surface area contributed by atoms with Crippen molar-refractivity contribution in [1.82, 2.24) is 0 Å². The molecule has 0 heterocycles. The summed E-state index contributed by atoms with van der Waals surface area (Å²) in [6.07, 6.45) is 2.77. The summed E-state index contributed by atoms with van der Waals surface area (Å²) >= 11 is 0. The Morgan fingerprint density at radius 2 is 0.735 bits per heavy atom. The van der Waals surface area contributed by atoms with E-state index in [1.54, 1.807) is 0 Å². The fourth-order valence-electron chi connectivity index (χ4n) is 2.69. The molecular weight excluding hydrogens is 440 g/mol. The van der Waals surface area contributed by atoms with E-state index in [1.807, 2.05) is 48.5 Å². The van der Waals surface area contributed by atoms with Crippen LogP contribution in [-0.4, -0.2) is 66.1 Å². The van der Waals surface area contributed by atoms with Crippen LogP contribution in [0.3, 0.4) is 0 Å². The molecule has 8 heteroatoms. The maximum Gasteiger partial charge on any atom is 0.161 e. The minimum absolute atomic E-state index is 0.404. The fraction of sp³-hybridized carbons (Fsp3) is 0.385. The second-order valence-electron chi connectivity index (χ2n) is 6.59. The molecule has 2 aromatic rings. The van der Waals surface area contributed by atoms with Crippen molar-refractivity contribution in [2.24, 2.45) is 0 Å². The Labute approximate surface area is 201 Å². The third-order valence-corrected chi connectivity index (χ3v) is 4.19. The molecular formula is C26H34O8. The van der Waals surface area contributed by atoms with Gasteiger partial charge < -0.3 is 37.9 Å². The van der Waals surface area contributed by atoms with Gasteiger partial charge in [0.05, 0.1) is 39.0 Å². The van der Waals surface area contributed by atoms with E-state index in [0.29, 0.717) is 89.1 Å². The third-order valence-electron chi connectivity index (χ3n) is 4.19. The van der Waals surface area contributed by atoms with Gasteiger partial charge in [-0.15, -0.1) is 0 Å². The highest BCUT2D eigenvalue weighted by Gasteiger charge is 2.05. The summed E-state index contributed by atoms with van der Waals surface area (Å²) in [5.41, 5.74) is 0. The Hall–Kier alpha value is -3.36. The Morgan fingerprint density at radius 3 is 1.06 bits per heavy atom. The van der Waals surface area contributed by atoms with Crippen LogP contribution in [0.25, 0.3) is 0 Å². The van der Waals surface area contributed by atoms with Crippen molar-refractivity contribution in [2.45, 2.75) is 0 Å². The summed E-state index contributed by atoms with van der Waals surface area (Å²) in [5.74, 6) is 2.65. The van der Waals surface area contributed by atoms with Crippen LogP contribution in [0.1, 0.15) is 0 Å². The molecule has 0 radical (unpaired) electrons. The zero-order valence-corrected chi connectivity index (χ0v) is 19.5. The predicted molar refractivity (Wildman–Crippen MR) is 129 cm³/mol. The molecule has 0 saturated heterocycles. The Balaban J connectivity index is 1.51. The van der Waals surface area contributed by atoms with Crippen LogP contribution in [0.4, 0.5) is 0 Å². The Bertz CT molecular complexity index is 743. The molecule has 0 N–H and O–H groups in total. The summed E-state index contributed by atoms with van der Waals surface area (Å²) < 4.78 is 44.0. The normalized spacial score (nSPS) is 10.2. The molecule has 34 heavy (non-hydrogen) atoms. The molecule has 0 aromatic heterocycles. The van der Waals surface area contributed by atoms with E-state index < -0.39 is 0 Å². The number of hydrogen-bond donors (Lipinski definition) is 0. The predicted octanol–water partition coefficient (Wildman–Crippen LogP) is 4.26. The summed E-state index contributed by atoms with van der Waals surface area (Å²) in [6, 6.07) is 15.0. The molecule has 186 valence electrons. The molecule has 8 nitrogen and oxygen atoms in total. The lowest BCUT2D eigenvalue weighted by Gasteiger charge is -2.13. The van der Waals surface area contributed by atoms with Crippen molar-refractivity contribution >= 4 is 0 Å². The largest absolute Gasteiger partial charge is 0.498 e. The van der Waals surface area contributed by atoms with Gasteiger partial charge >= 0.3 is 0 Å². The lowest BCUT2D eigenvalue weighted by molar-refractivity contribution is 0.0267. The van der Waals surface area contributed by atoms with Gasteiger partial charge in [-0.3, -0.25) is 0 Å². The molecule has 0 aliphatic carbocycles. The van der Waals surface area contributed by atoms with Gasteiger partial charge in [0, 0.05) is 0 Å². The average molecular weight is 475 g/mol. The quantitative estimate of drug-likeness (QED) is 0.196. The average Bonchev–Trinajstić information content (AvgIpc) is 2.87. The highest BCUT2D eigenvalue weighted by molar-refractivity contribution is 5.40. The van der Waals surface area contributed by atoms with Gasteiger partial charge in [-0.05, 0) is 24.3 Å². The number of para-hydroxylation sites is 4. The van der Waals surface area contributed by atoms with E-state index in [0.717, 1.165) is 0 Å². The van der Waals surface area contributed by atoms with Crippen LogP contribution < -0.4 is 18.9 Å². The maximum absolute atomic E-state index is 5.74. The van der Waals surface area contributed by atoms with Gasteiger partial charge in [-0.25, -0.2) is 0 Å². The molecule has 0 amide bonds. The first-order valence-electron chi connectivity index (χ1n) is 11.1. The summed E-state index contributed by atoms with van der Waals surface area (Å²) in [5, 5.41) is 0. The standard InChI is InChI=1S/C26H34O8/c1-3-27-15-19-31-23-9-5-7-11-25(23)33-21-17-29-13-14-30-18-22-34-26-12-8-6-10-24(26)32-20-16-28-4-2/h3-12H,1-2,13-22H2. The molecule has 0 aliphatic rings. The van der Waals surface area contributed by atoms with Crippen molar-refractivity contribution in [3.05, 3.63) is 74.2 Å². The minimum atomic E-state index is 0.404. The molecule has 2 aromatic carbocycles. The van der Waals surface area contributed by atoms with Crippen molar-refractivity contribution < 1.29 is 37.9 Å². The van der Waals surface area contributed by atoms with Gasteiger partial charge in [0.2, 0.25) is 0 Å². The van der Waals surface area contributed by atoms with Crippen LogP contribution in [0.5, 0.6) is 23.0 Å². The second-order valence-corrected chi connectivity index (χ2v) is 6.59. The smallest absolute Gasteiger partial charge is 0.161 e. The van der Waals surface area contributed by atoms with Gasteiger partial charge in [-0.2, -0.15) is 0 Å². The Morgan fingerprint density at radius 1 is 0.441 bits per heavy atom. The molecule has 0 aliphatic heterocycles. The zero-order chi connectivity index (χ0) is 24.1. The summed E-state index contributed by atoms with van der Waals surface area (Å²) in [4.78, 5) is 0. The zero-order valence-electron chi connectivity index (χ0n) is 19.5. The van der Waals surface area contributed by atoms with Crippen LogP contribution in [0.2, 0.25) is 0 Å². The van der Waals surface area contributed by atoms with Crippen molar-refractivity contribution in [2.75, 3.05) is 66.1 Å². The molecule has 0 fully saturated rings. The van der Waals surface area contributed by atoms with E-state index in [2.05, 4.69) is 13.2 Å². The monoisotopic (exact) mass is 474 g/mol. The lowest BCUT2D eigenvalue weighted by Crippen LogP contribution is -2.14. The van der Waals surface area contributed by atoms with E-state index in [-0.39, 0.29) is 0 Å². The number of benzene rings is 2. The second kappa shape index (κ2) is 18.1. The molecule has 0 saturated carbocycles. The highest BCUT2D eigenvalue weighted by Crippen LogP contribution is 2.27. The molecule has 0 atom stereocenters. The molecule has 0 unspecified atom stereocenters. The first-order valence-corrected chi connectivity index (χ1v) is 11.1. The van der Waals surface area contributed by atoms with Crippen molar-refractivity contribution in [3.63, 3.8) is 0 Å². The van der Waals surface area contributed by atoms with Crippen LogP contribution in [-0.2, 0) is 18.9 Å². The maximum atomic E-state index is 5.74. The SMILES string of the molecule is C=COCCOc1ccccc1OCCOCCOCCOc1ccccc1OCCOC=C. The summed E-state index contributed by atoms with van der Waals surface area (Å²) in [7, 11) is 0. The van der Waals surface area contributed by atoms with Gasteiger partial charge in [0.25, 0.3) is 0 Å². The van der Waals surface area contributed by atoms with Gasteiger partial charge in [-0.1, -0.05) is 37.4 Å². The highest BCUT2D eigenvalue weighted by atomic mass is 16.6. The van der Waals surface area contributed by atoms with E-state index in [4.69, 9.17) is 37.9 Å². The van der Waals surface area contributed by atoms with E-state index >= 15 is 0 Å². The fourth-order valence-corrected chi connectivity index (χ4v) is 2.69. The summed E-state index contributed by atoms with van der Waals surface area (Å²) in [6.45, 7) is 11.3. The van der Waals surface area contributed by atoms with Crippen molar-refractivity contribution in [1.29, 1.82) is 0 Å². The number of ether oxygens (including phenoxy) is 8. The third kappa shape index (κ3) is 11.5. The minimum Gasteiger partial charge on any atom is -0.498 e. The van der Waals surface area contributed by atoms with Crippen LogP contribution >= 0.6 is 0 Å². The molecule has 0 bridgehead atoms. The molecule has 0 spiro atoms. The topological polar surface area (TPSA) is 73.8 Å². The van der Waals surface area contributed by atoms with Crippen molar-refractivity contribution in [3.8, 4) is 23.0 Å². The van der Waals surface area contributed by atoms with E-state index in [9.17, 15) is 0 Å². The number of rotatable bonds is 21. The van der Waals surface area contributed by atoms with Gasteiger partial charge in [0.1, 0.15) is 39.6 Å². The van der Waals surface area contributed by atoms with E-state index in [1.165, 1.54) is 12.5 Å². The first-order chi connectivity index (χ1) is 16.8. The van der Waals surface area contributed by atoms with Crippen LogP contribution in [0, 0.1) is 0 Å². The Kier molecular flexibility index (Phi) is 14.3.